The van der Waals surface area contributed by atoms with Gasteiger partial charge in [-0.1, -0.05) is 12.1 Å². The second-order valence-electron chi connectivity index (χ2n) is 5.04. The Kier molecular flexibility index (Phi) is 2.78. The standard InChI is InChI=1S/C13H15NO4S/c1-18-12-5-3-2-4-10(12)14-11-8-19(16,17)7-9(11)6-13(14)15/h2-5,9,11H,6-8H2,1H3/t9-,11+/m0/s1. The number of sulfone groups is 1. The van der Waals surface area contributed by atoms with Crippen molar-refractivity contribution in [3.05, 3.63) is 24.3 Å². The van der Waals surface area contributed by atoms with E-state index in [1.807, 2.05) is 12.1 Å². The number of anilines is 1. The van der Waals surface area contributed by atoms with Crippen molar-refractivity contribution in [1.82, 2.24) is 0 Å². The molecule has 1 aromatic carbocycles. The van der Waals surface area contributed by atoms with E-state index in [2.05, 4.69) is 0 Å². The van der Waals surface area contributed by atoms with Crippen LogP contribution in [0.4, 0.5) is 5.69 Å². The second-order valence-corrected chi connectivity index (χ2v) is 7.20. The van der Waals surface area contributed by atoms with E-state index in [-0.39, 0.29) is 29.4 Å². The molecule has 2 heterocycles. The lowest BCUT2D eigenvalue weighted by atomic mass is 10.0. The van der Waals surface area contributed by atoms with Gasteiger partial charge in [0.2, 0.25) is 5.91 Å². The normalized spacial score (nSPS) is 28.5. The predicted molar refractivity (Wildman–Crippen MR) is 71.0 cm³/mol. The summed E-state index contributed by atoms with van der Waals surface area (Å²) in [6.45, 7) is 0. The van der Waals surface area contributed by atoms with Gasteiger partial charge in [-0.2, -0.15) is 0 Å². The van der Waals surface area contributed by atoms with E-state index in [0.717, 1.165) is 0 Å². The minimum atomic E-state index is -3.02. The molecule has 0 aliphatic carbocycles. The number of fused-ring (bicyclic) bond motifs is 1. The smallest absolute Gasteiger partial charge is 0.227 e. The van der Waals surface area contributed by atoms with Gasteiger partial charge in [0, 0.05) is 12.3 Å². The quantitative estimate of drug-likeness (QED) is 0.806. The molecule has 6 heteroatoms. The SMILES string of the molecule is COc1ccccc1N1C(=O)C[C@H]2CS(=O)(=O)C[C@H]21. The van der Waals surface area contributed by atoms with Crippen LogP contribution in [0.5, 0.6) is 5.75 Å². The number of hydrogen-bond acceptors (Lipinski definition) is 4. The molecule has 0 radical (unpaired) electrons. The average molecular weight is 281 g/mol. The van der Waals surface area contributed by atoms with Crippen molar-refractivity contribution in [3.63, 3.8) is 0 Å². The summed E-state index contributed by atoms with van der Waals surface area (Å²) in [7, 11) is -1.48. The van der Waals surface area contributed by atoms with Crippen LogP contribution in [0.15, 0.2) is 24.3 Å². The van der Waals surface area contributed by atoms with Gasteiger partial charge in [0.1, 0.15) is 5.75 Å². The van der Waals surface area contributed by atoms with E-state index in [9.17, 15) is 13.2 Å². The van der Waals surface area contributed by atoms with Gasteiger partial charge in [0.25, 0.3) is 0 Å². The van der Waals surface area contributed by atoms with Gasteiger partial charge >= 0.3 is 0 Å². The largest absolute Gasteiger partial charge is 0.495 e. The molecule has 2 aliphatic rings. The molecule has 0 N–H and O–H groups in total. The maximum atomic E-state index is 12.1. The number of rotatable bonds is 2. The highest BCUT2D eigenvalue weighted by Gasteiger charge is 2.49. The monoisotopic (exact) mass is 281 g/mol. The van der Waals surface area contributed by atoms with Gasteiger partial charge in [0.05, 0.1) is 30.3 Å². The average Bonchev–Trinajstić information content (AvgIpc) is 2.79. The molecule has 2 saturated heterocycles. The van der Waals surface area contributed by atoms with Gasteiger partial charge in [-0.05, 0) is 12.1 Å². The molecule has 2 atom stereocenters. The molecular formula is C13H15NO4S. The molecule has 2 aliphatic heterocycles. The Morgan fingerprint density at radius 3 is 2.74 bits per heavy atom. The molecule has 5 nitrogen and oxygen atoms in total. The Labute approximate surface area is 112 Å². The van der Waals surface area contributed by atoms with Crippen LogP contribution in [0.2, 0.25) is 0 Å². The van der Waals surface area contributed by atoms with E-state index >= 15 is 0 Å². The molecule has 0 spiro atoms. The highest BCUT2D eigenvalue weighted by Crippen LogP contribution is 2.40. The summed E-state index contributed by atoms with van der Waals surface area (Å²) in [5.41, 5.74) is 0.666. The highest BCUT2D eigenvalue weighted by molar-refractivity contribution is 7.91. The number of ether oxygens (including phenoxy) is 1. The Hall–Kier alpha value is -1.56. The van der Waals surface area contributed by atoms with Gasteiger partial charge < -0.3 is 9.64 Å². The van der Waals surface area contributed by atoms with E-state index in [0.29, 0.717) is 17.9 Å². The van der Waals surface area contributed by atoms with Crippen LogP contribution in [0.25, 0.3) is 0 Å². The summed E-state index contributed by atoms with van der Waals surface area (Å²) >= 11 is 0. The second kappa shape index (κ2) is 4.23. The Bertz CT molecular complexity index is 625. The van der Waals surface area contributed by atoms with Gasteiger partial charge in [0.15, 0.2) is 9.84 Å². The maximum Gasteiger partial charge on any atom is 0.227 e. The number of nitrogens with zero attached hydrogens (tertiary/aromatic N) is 1. The van der Waals surface area contributed by atoms with Crippen LogP contribution in [0.1, 0.15) is 6.42 Å². The number of carbonyl (C=O) groups excluding carboxylic acids is 1. The maximum absolute atomic E-state index is 12.1. The van der Waals surface area contributed by atoms with Crippen molar-refractivity contribution in [2.45, 2.75) is 12.5 Å². The molecular weight excluding hydrogens is 266 g/mol. The third kappa shape index (κ3) is 2.00. The topological polar surface area (TPSA) is 63.7 Å². The zero-order chi connectivity index (χ0) is 13.6. The zero-order valence-electron chi connectivity index (χ0n) is 10.6. The van der Waals surface area contributed by atoms with Crippen molar-refractivity contribution in [3.8, 4) is 5.75 Å². The molecule has 1 aromatic rings. The van der Waals surface area contributed by atoms with E-state index in [1.165, 1.54) is 0 Å². The highest BCUT2D eigenvalue weighted by atomic mass is 32.2. The summed E-state index contributed by atoms with van der Waals surface area (Å²) < 4.78 is 28.7. The van der Waals surface area contributed by atoms with E-state index in [1.54, 1.807) is 24.1 Å². The Morgan fingerprint density at radius 1 is 1.26 bits per heavy atom. The molecule has 0 aromatic heterocycles. The minimum absolute atomic E-state index is 0.0191. The van der Waals surface area contributed by atoms with Crippen LogP contribution < -0.4 is 9.64 Å². The molecule has 102 valence electrons. The Balaban J connectivity index is 2.02. The zero-order valence-corrected chi connectivity index (χ0v) is 11.4. The fraction of sp³-hybridized carbons (Fsp3) is 0.462. The van der Waals surface area contributed by atoms with Gasteiger partial charge in [-0.15, -0.1) is 0 Å². The van der Waals surface area contributed by atoms with Crippen molar-refractivity contribution < 1.29 is 17.9 Å². The van der Waals surface area contributed by atoms with E-state index < -0.39 is 9.84 Å². The predicted octanol–water partition coefficient (Wildman–Crippen LogP) is 0.845. The first kappa shape index (κ1) is 12.5. The summed E-state index contributed by atoms with van der Waals surface area (Å²) in [6, 6.07) is 6.98. The fourth-order valence-electron chi connectivity index (χ4n) is 3.03. The fourth-order valence-corrected chi connectivity index (χ4v) is 5.10. The molecule has 1 amide bonds. The van der Waals surface area contributed by atoms with Crippen LogP contribution in [-0.2, 0) is 14.6 Å². The first-order valence-corrected chi connectivity index (χ1v) is 7.99. The number of para-hydroxylation sites is 2. The molecule has 0 bridgehead atoms. The number of methoxy groups -OCH3 is 1. The molecule has 19 heavy (non-hydrogen) atoms. The van der Waals surface area contributed by atoms with Gasteiger partial charge in [-0.3, -0.25) is 4.79 Å². The van der Waals surface area contributed by atoms with Crippen LogP contribution in [0.3, 0.4) is 0 Å². The van der Waals surface area contributed by atoms with Crippen LogP contribution >= 0.6 is 0 Å². The van der Waals surface area contributed by atoms with E-state index in [4.69, 9.17) is 4.74 Å². The Morgan fingerprint density at radius 2 is 2.00 bits per heavy atom. The van der Waals surface area contributed by atoms with Crippen LogP contribution in [0, 0.1) is 5.92 Å². The summed E-state index contributed by atoms with van der Waals surface area (Å²) in [6.07, 6.45) is 0.307. The summed E-state index contributed by atoms with van der Waals surface area (Å²) in [5.74, 6) is 0.675. The molecule has 2 fully saturated rings. The summed E-state index contributed by atoms with van der Waals surface area (Å²) in [4.78, 5) is 13.7. The lowest BCUT2D eigenvalue weighted by molar-refractivity contribution is -0.117. The van der Waals surface area contributed by atoms with Crippen molar-refractivity contribution >= 4 is 21.4 Å². The third-order valence-corrected chi connectivity index (χ3v) is 5.60. The molecule has 0 saturated carbocycles. The summed E-state index contributed by atoms with van der Waals surface area (Å²) in [5, 5.41) is 0. The molecule has 0 unspecified atom stereocenters. The first-order valence-electron chi connectivity index (χ1n) is 6.17. The van der Waals surface area contributed by atoms with Crippen molar-refractivity contribution in [2.24, 2.45) is 5.92 Å². The number of carbonyl (C=O) groups is 1. The first-order chi connectivity index (χ1) is 9.02. The minimum Gasteiger partial charge on any atom is -0.495 e. The number of benzene rings is 1. The van der Waals surface area contributed by atoms with Gasteiger partial charge in [-0.25, -0.2) is 8.42 Å². The lowest BCUT2D eigenvalue weighted by Gasteiger charge is -2.24. The van der Waals surface area contributed by atoms with Crippen LogP contribution in [-0.4, -0.2) is 39.0 Å². The number of amides is 1. The van der Waals surface area contributed by atoms with Crippen molar-refractivity contribution in [1.29, 1.82) is 0 Å². The molecule has 3 rings (SSSR count). The van der Waals surface area contributed by atoms with Crippen molar-refractivity contribution in [2.75, 3.05) is 23.5 Å². The number of hydrogen-bond donors (Lipinski definition) is 0. The lowest BCUT2D eigenvalue weighted by Crippen LogP contribution is -2.36. The third-order valence-electron chi connectivity index (χ3n) is 3.82.